The summed E-state index contributed by atoms with van der Waals surface area (Å²) < 4.78 is 62.0. The van der Waals surface area contributed by atoms with Crippen LogP contribution in [-0.4, -0.2) is 126 Å². The van der Waals surface area contributed by atoms with Gasteiger partial charge in [-0.15, -0.1) is 0 Å². The summed E-state index contributed by atoms with van der Waals surface area (Å²) in [6.45, 7) is 37.1. The lowest BCUT2D eigenvalue weighted by atomic mass is 10.3. The van der Waals surface area contributed by atoms with E-state index in [0.29, 0.717) is 44.0 Å². The van der Waals surface area contributed by atoms with Crippen LogP contribution in [0.4, 0.5) is 0 Å². The summed E-state index contributed by atoms with van der Waals surface area (Å²) in [6, 6.07) is 2.10. The molecule has 0 radical (unpaired) electrons. The Kier molecular flexibility index (Phi) is 31.0. The molecule has 0 N–H and O–H groups in total. The second-order valence-electron chi connectivity index (χ2n) is 16.3. The third-order valence-electron chi connectivity index (χ3n) is 7.40. The largest absolute Gasteiger partial charge is 0.463 e. The van der Waals surface area contributed by atoms with Crippen molar-refractivity contribution >= 4 is 60.2 Å². The highest BCUT2D eigenvalue weighted by Crippen LogP contribution is 2.28. The van der Waals surface area contributed by atoms with Crippen molar-refractivity contribution in [3.8, 4) is 6.26 Å². The molecule has 0 spiro atoms. The van der Waals surface area contributed by atoms with E-state index in [1.54, 1.807) is 13.8 Å². The van der Waals surface area contributed by atoms with E-state index in [2.05, 4.69) is 90.3 Å². The number of ether oxygens (including phenoxy) is 7. The lowest BCUT2D eigenvalue weighted by Gasteiger charge is -2.42. The lowest BCUT2D eigenvalue weighted by Crippen LogP contribution is -2.58. The minimum atomic E-state index is -2.47. The highest BCUT2D eigenvalue weighted by Gasteiger charge is 2.45. The summed E-state index contributed by atoms with van der Waals surface area (Å²) in [4.78, 5) is 34.0. The van der Waals surface area contributed by atoms with E-state index in [-0.39, 0.29) is 52.0 Å². The Morgan fingerprint density at radius 3 is 1.33 bits per heavy atom. The number of nitriles is 1. The maximum absolute atomic E-state index is 11.9. The fraction of sp³-hybridized carbons (Fsp3) is 0.789. The molecule has 0 aromatic rings. The number of hydrogen-bond donors (Lipinski definition) is 0. The second-order valence-corrected chi connectivity index (χ2v) is 36.0. The van der Waals surface area contributed by atoms with Gasteiger partial charge in [0, 0.05) is 30.8 Å². The molecule has 0 aliphatic rings. The Morgan fingerprint density at radius 1 is 0.517 bits per heavy atom. The number of nitrogens with zero attached hydrogens (tertiary/aromatic N) is 1. The molecule has 0 aromatic heterocycles. The zero-order valence-corrected chi connectivity index (χ0v) is 43.1. The molecule has 0 aliphatic heterocycles. The standard InChI is InChI=1S/C29H64O10Si5.C9H13NO4/c1-14-15-25-40(4,5)36-42(8,9)38-44(12,13)39-43(10,11)37-41(6,7)26-17-20-33-21-23-34-28(30)18-16-19-32-22-24-35-29(31)27(2)3;1-8(2)9(11)14-6-5-12-3-4-13-7-10/h2,14-26H2,1,3-13H3;1,3-6H2,2H3. The quantitative estimate of drug-likeness (QED) is 0.0155. The van der Waals surface area contributed by atoms with Gasteiger partial charge in [0.05, 0.1) is 26.4 Å². The monoisotopic (exact) mass is 911 g/mol. The summed E-state index contributed by atoms with van der Waals surface area (Å²) in [5.74, 6) is -1.15. The van der Waals surface area contributed by atoms with Gasteiger partial charge in [0.1, 0.15) is 26.4 Å². The van der Waals surface area contributed by atoms with Crippen LogP contribution in [0.2, 0.25) is 77.6 Å². The molecule has 0 atom stereocenters. The molecule has 0 amide bonds. The zero-order chi connectivity index (χ0) is 44.9. The molecular weight excluding hydrogens is 835 g/mol. The van der Waals surface area contributed by atoms with Crippen LogP contribution in [-0.2, 0) is 64.0 Å². The van der Waals surface area contributed by atoms with E-state index in [1.165, 1.54) is 19.1 Å². The number of rotatable bonds is 33. The number of carbonyl (C=O) groups is 3. The van der Waals surface area contributed by atoms with Gasteiger partial charge in [-0.2, -0.15) is 5.26 Å². The topological polar surface area (TPSA) is 177 Å². The molecule has 0 saturated heterocycles. The second kappa shape index (κ2) is 30.9. The van der Waals surface area contributed by atoms with Crippen LogP contribution in [0, 0.1) is 11.5 Å². The molecule has 15 nitrogen and oxygen atoms in total. The fourth-order valence-corrected chi connectivity index (χ4v) is 30.3. The molecule has 338 valence electrons. The number of hydrogen-bond acceptors (Lipinski definition) is 15. The van der Waals surface area contributed by atoms with Crippen LogP contribution in [0.5, 0.6) is 0 Å². The van der Waals surface area contributed by atoms with Crippen molar-refractivity contribution < 1.29 is 64.0 Å². The van der Waals surface area contributed by atoms with E-state index in [9.17, 15) is 14.4 Å². The van der Waals surface area contributed by atoms with Gasteiger partial charge in [0.25, 0.3) is 6.26 Å². The Hall–Kier alpha value is -2.02. The summed E-state index contributed by atoms with van der Waals surface area (Å²) in [5.41, 5.74) is 0.711. The van der Waals surface area contributed by atoms with Crippen molar-refractivity contribution in [3.05, 3.63) is 24.3 Å². The first-order chi connectivity index (χ1) is 26.8. The molecule has 0 saturated carbocycles. The predicted octanol–water partition coefficient (Wildman–Crippen LogP) is 7.85. The SMILES string of the molecule is C=C(C)C(=O)OCCOCCCC(=O)OCCOCCC[Si](C)(C)O[Si](C)(C)O[Si](C)(C)O[Si](C)(C)O[Si](C)(C)CCCC.C=C(C)C(=O)OCCOCCOC#N. The number of carbonyl (C=O) groups excluding carboxylic acids is 3. The van der Waals surface area contributed by atoms with Gasteiger partial charge in [0.2, 0.25) is 0 Å². The molecule has 0 aliphatic carbocycles. The molecule has 0 fully saturated rings. The van der Waals surface area contributed by atoms with Gasteiger partial charge >= 0.3 is 43.6 Å². The first-order valence-electron chi connectivity index (χ1n) is 20.1. The average molecular weight is 912 g/mol. The molecular formula is C38H77NO14Si5. The minimum absolute atomic E-state index is 0.163. The normalized spacial score (nSPS) is 12.1. The van der Waals surface area contributed by atoms with Gasteiger partial charge in [-0.3, -0.25) is 4.79 Å². The Bertz CT molecular complexity index is 1260. The van der Waals surface area contributed by atoms with E-state index in [0.717, 1.165) is 18.5 Å². The van der Waals surface area contributed by atoms with Gasteiger partial charge in [-0.1, -0.05) is 32.9 Å². The maximum atomic E-state index is 11.9. The lowest BCUT2D eigenvalue weighted by molar-refractivity contribution is -0.145. The molecule has 0 bridgehead atoms. The first-order valence-corrected chi connectivity index (χ1v) is 34.8. The van der Waals surface area contributed by atoms with Crippen molar-refractivity contribution in [1.29, 1.82) is 5.26 Å². The van der Waals surface area contributed by atoms with E-state index in [4.69, 9.17) is 50.1 Å². The molecule has 0 rings (SSSR count). The number of unbranched alkanes of at least 4 members (excludes halogenated alkanes) is 1. The van der Waals surface area contributed by atoms with Crippen LogP contribution in [0.3, 0.4) is 0 Å². The van der Waals surface area contributed by atoms with Crippen LogP contribution in [0.25, 0.3) is 0 Å². The number of esters is 3. The highest BCUT2D eigenvalue weighted by molar-refractivity contribution is 6.90. The van der Waals surface area contributed by atoms with Crippen molar-refractivity contribution in [1.82, 2.24) is 0 Å². The van der Waals surface area contributed by atoms with Gasteiger partial charge in [-0.25, -0.2) is 9.59 Å². The summed E-state index contributed by atoms with van der Waals surface area (Å²) in [5, 5.41) is 8.00. The Balaban J connectivity index is 0. The van der Waals surface area contributed by atoms with Crippen LogP contribution < -0.4 is 0 Å². The molecule has 0 unspecified atom stereocenters. The van der Waals surface area contributed by atoms with Crippen LogP contribution in [0.1, 0.15) is 52.9 Å². The first kappa shape index (κ1) is 58.1. The third-order valence-corrected chi connectivity index (χ3v) is 26.7. The summed E-state index contributed by atoms with van der Waals surface area (Å²) >= 11 is 0. The molecule has 0 heterocycles. The van der Waals surface area contributed by atoms with Crippen LogP contribution >= 0.6 is 0 Å². The van der Waals surface area contributed by atoms with E-state index >= 15 is 0 Å². The summed E-state index contributed by atoms with van der Waals surface area (Å²) in [7, 11) is -11.0. The highest BCUT2D eigenvalue weighted by atomic mass is 28.5. The van der Waals surface area contributed by atoms with E-state index in [1.807, 2.05) is 0 Å². The Labute approximate surface area is 355 Å². The fourth-order valence-electron chi connectivity index (χ4n) is 5.57. The van der Waals surface area contributed by atoms with Gasteiger partial charge in [0.15, 0.2) is 16.6 Å². The van der Waals surface area contributed by atoms with Crippen molar-refractivity contribution in [2.45, 2.75) is 130 Å². The third kappa shape index (κ3) is 35.9. The van der Waals surface area contributed by atoms with E-state index < -0.39 is 54.3 Å². The molecule has 58 heavy (non-hydrogen) atoms. The Morgan fingerprint density at radius 2 is 0.897 bits per heavy atom. The minimum Gasteiger partial charge on any atom is -0.463 e. The van der Waals surface area contributed by atoms with Crippen molar-refractivity contribution in [3.63, 3.8) is 0 Å². The summed E-state index contributed by atoms with van der Waals surface area (Å²) in [6.07, 6.45) is 5.57. The van der Waals surface area contributed by atoms with Crippen molar-refractivity contribution in [2.24, 2.45) is 0 Å². The van der Waals surface area contributed by atoms with Crippen molar-refractivity contribution in [2.75, 3.05) is 66.1 Å². The maximum Gasteiger partial charge on any atom is 0.333 e. The van der Waals surface area contributed by atoms with Gasteiger partial charge < -0.3 is 49.6 Å². The van der Waals surface area contributed by atoms with Gasteiger partial charge in [-0.05, 0) is 104 Å². The average Bonchev–Trinajstić information content (AvgIpc) is 3.07. The zero-order valence-electron chi connectivity index (χ0n) is 38.1. The predicted molar refractivity (Wildman–Crippen MR) is 237 cm³/mol. The molecule has 20 heteroatoms. The van der Waals surface area contributed by atoms with Crippen LogP contribution in [0.15, 0.2) is 24.3 Å². The molecule has 0 aromatic carbocycles. The smallest absolute Gasteiger partial charge is 0.333 e.